The Morgan fingerprint density at radius 1 is 0.707 bits per heavy atom. The van der Waals surface area contributed by atoms with E-state index in [9.17, 15) is 19.2 Å². The van der Waals surface area contributed by atoms with E-state index in [4.69, 9.17) is 28.8 Å². The van der Waals surface area contributed by atoms with Gasteiger partial charge in [-0.2, -0.15) is 5.10 Å². The molecule has 4 amide bonds. The standard InChI is InChI=1S/C43H50N6O9/c50-38-11-10-37(41(51)46-38)49-42(52)34-6-2-7-36(39(34)43(49)53)45-16-19-55-21-23-57-25-27-58-26-24-56-22-20-54-18-3-17-48-29-35(40(47-48)31-12-14-44-15-13-31)33-9-8-30-4-1-5-32(30)28-33/h2,6-9,12-15,28-29,37,45H,1,3-5,10-11,16-27H2,(H,46,50,51). The molecule has 1 unspecified atom stereocenters. The van der Waals surface area contributed by atoms with Crippen molar-refractivity contribution in [1.29, 1.82) is 0 Å². The van der Waals surface area contributed by atoms with Crippen molar-refractivity contribution in [2.45, 2.75) is 51.1 Å². The zero-order valence-corrected chi connectivity index (χ0v) is 32.6. The third-order valence-electron chi connectivity index (χ3n) is 10.3. The molecule has 7 rings (SSSR count). The average Bonchev–Trinajstić information content (AvgIpc) is 3.95. The summed E-state index contributed by atoms with van der Waals surface area (Å²) >= 11 is 0. The maximum Gasteiger partial charge on any atom is 0.264 e. The number of ether oxygens (including phenoxy) is 5. The molecule has 0 radical (unpaired) electrons. The first-order valence-electron chi connectivity index (χ1n) is 20.0. The number of amides is 4. The summed E-state index contributed by atoms with van der Waals surface area (Å²) in [5.74, 6) is -2.15. The molecule has 58 heavy (non-hydrogen) atoms. The van der Waals surface area contributed by atoms with E-state index in [0.29, 0.717) is 78.3 Å². The van der Waals surface area contributed by atoms with Crippen molar-refractivity contribution in [2.75, 3.05) is 77.9 Å². The molecule has 2 aromatic heterocycles. The van der Waals surface area contributed by atoms with Gasteiger partial charge in [0.15, 0.2) is 0 Å². The van der Waals surface area contributed by atoms with E-state index in [1.54, 1.807) is 30.6 Å². The van der Waals surface area contributed by atoms with E-state index >= 15 is 0 Å². The van der Waals surface area contributed by atoms with Gasteiger partial charge in [0.2, 0.25) is 11.8 Å². The summed E-state index contributed by atoms with van der Waals surface area (Å²) in [4.78, 5) is 55.2. The van der Waals surface area contributed by atoms with Crippen molar-refractivity contribution < 1.29 is 42.9 Å². The quantitative estimate of drug-likeness (QED) is 0.0816. The van der Waals surface area contributed by atoms with Gasteiger partial charge in [-0.25, -0.2) is 0 Å². The van der Waals surface area contributed by atoms with Gasteiger partial charge in [-0.15, -0.1) is 0 Å². The van der Waals surface area contributed by atoms with Crippen molar-refractivity contribution in [3.63, 3.8) is 0 Å². The Balaban J connectivity index is 0.689. The Hall–Kier alpha value is -5.32. The first-order valence-corrected chi connectivity index (χ1v) is 20.0. The smallest absolute Gasteiger partial charge is 0.264 e. The van der Waals surface area contributed by atoms with E-state index < -0.39 is 29.7 Å². The van der Waals surface area contributed by atoms with E-state index in [0.717, 1.165) is 41.1 Å². The van der Waals surface area contributed by atoms with Gasteiger partial charge >= 0.3 is 0 Å². The molecule has 2 N–H and O–H groups in total. The summed E-state index contributed by atoms with van der Waals surface area (Å²) in [5.41, 5.74) is 8.20. The van der Waals surface area contributed by atoms with Crippen LogP contribution in [0, 0.1) is 0 Å². The van der Waals surface area contributed by atoms with Gasteiger partial charge in [0.1, 0.15) is 11.7 Å². The number of aryl methyl sites for hydroxylation is 3. The Kier molecular flexibility index (Phi) is 14.4. The first-order chi connectivity index (χ1) is 28.5. The van der Waals surface area contributed by atoms with Gasteiger partial charge in [0.05, 0.1) is 70.6 Å². The molecule has 0 saturated carbocycles. The van der Waals surface area contributed by atoms with Gasteiger partial charge in [-0.05, 0) is 73.1 Å². The fourth-order valence-electron chi connectivity index (χ4n) is 7.44. The number of nitrogens with one attached hydrogen (secondary N) is 2. The minimum absolute atomic E-state index is 0.0683. The summed E-state index contributed by atoms with van der Waals surface area (Å²) in [6, 6.07) is 14.8. The Bertz CT molecular complexity index is 2050. The van der Waals surface area contributed by atoms with E-state index in [-0.39, 0.29) is 24.0 Å². The van der Waals surface area contributed by atoms with Crippen molar-refractivity contribution >= 4 is 29.3 Å². The first kappa shape index (κ1) is 40.9. The van der Waals surface area contributed by atoms with Gasteiger partial charge in [-0.1, -0.05) is 24.3 Å². The Morgan fingerprint density at radius 3 is 2.12 bits per heavy atom. The molecule has 0 bridgehead atoms. The normalized spacial score (nSPS) is 16.2. The number of piperidine rings is 1. The van der Waals surface area contributed by atoms with Crippen LogP contribution in [0.15, 0.2) is 67.1 Å². The molecule has 1 aliphatic carbocycles. The fourth-order valence-corrected chi connectivity index (χ4v) is 7.44. The van der Waals surface area contributed by atoms with Crippen LogP contribution in [0.3, 0.4) is 0 Å². The number of rotatable bonds is 23. The van der Waals surface area contributed by atoms with E-state index in [1.807, 2.05) is 16.8 Å². The SMILES string of the molecule is O=C1CCC(N2C(=O)c3cccc(NCCOCCOCCOCCOCCOCCCn4cc(-c5ccc6c(c5)CCC6)c(-c5ccncc5)n4)c3C2=O)C(=O)N1. The number of pyridine rings is 1. The van der Waals surface area contributed by atoms with Crippen LogP contribution in [0.1, 0.15) is 57.5 Å². The highest BCUT2D eigenvalue weighted by molar-refractivity contribution is 6.25. The molecule has 0 spiro atoms. The van der Waals surface area contributed by atoms with Crippen molar-refractivity contribution in [3.8, 4) is 22.4 Å². The van der Waals surface area contributed by atoms with Gasteiger partial charge in [-0.3, -0.25) is 39.1 Å². The van der Waals surface area contributed by atoms with Crippen LogP contribution < -0.4 is 10.6 Å². The topological polar surface area (TPSA) is 172 Å². The van der Waals surface area contributed by atoms with Crippen molar-refractivity contribution in [2.24, 2.45) is 0 Å². The molecular weight excluding hydrogens is 745 g/mol. The number of hydrogen-bond donors (Lipinski definition) is 2. The zero-order valence-electron chi connectivity index (χ0n) is 32.6. The van der Waals surface area contributed by atoms with Crippen molar-refractivity contribution in [1.82, 2.24) is 25.0 Å². The summed E-state index contributed by atoms with van der Waals surface area (Å²) in [7, 11) is 0. The number of fused-ring (bicyclic) bond motifs is 2. The Labute approximate surface area is 337 Å². The largest absolute Gasteiger partial charge is 0.382 e. The number of anilines is 1. The molecule has 3 aliphatic rings. The Morgan fingerprint density at radius 2 is 1.40 bits per heavy atom. The van der Waals surface area contributed by atoms with Crippen LogP contribution in [0.4, 0.5) is 5.69 Å². The maximum atomic E-state index is 13.2. The van der Waals surface area contributed by atoms with Crippen LogP contribution >= 0.6 is 0 Å². The number of nitrogens with zero attached hydrogens (tertiary/aromatic N) is 4. The minimum Gasteiger partial charge on any atom is -0.382 e. The van der Waals surface area contributed by atoms with Crippen LogP contribution in [0.25, 0.3) is 22.4 Å². The van der Waals surface area contributed by atoms with Crippen LogP contribution in [-0.4, -0.2) is 122 Å². The fraction of sp³-hybridized carbons (Fsp3) is 0.442. The molecule has 2 aliphatic heterocycles. The second-order valence-electron chi connectivity index (χ2n) is 14.2. The summed E-state index contributed by atoms with van der Waals surface area (Å²) in [5, 5.41) is 10.3. The number of aromatic nitrogens is 3. The lowest BCUT2D eigenvalue weighted by Gasteiger charge is -2.27. The van der Waals surface area contributed by atoms with E-state index in [2.05, 4.69) is 40.0 Å². The molecule has 15 heteroatoms. The lowest BCUT2D eigenvalue weighted by atomic mass is 9.99. The zero-order chi connectivity index (χ0) is 40.1. The number of carbonyl (C=O) groups excluding carboxylic acids is 4. The average molecular weight is 795 g/mol. The highest BCUT2D eigenvalue weighted by Crippen LogP contribution is 2.35. The molecular formula is C43H50N6O9. The van der Waals surface area contributed by atoms with Crippen molar-refractivity contribution in [3.05, 3.63) is 89.4 Å². The van der Waals surface area contributed by atoms with Gasteiger partial charge in [0.25, 0.3) is 11.8 Å². The van der Waals surface area contributed by atoms with Crippen LogP contribution in [0.5, 0.6) is 0 Å². The number of hydrogen-bond acceptors (Lipinski definition) is 12. The minimum atomic E-state index is -1.01. The molecule has 4 aromatic rings. The third-order valence-corrected chi connectivity index (χ3v) is 10.3. The summed E-state index contributed by atoms with van der Waals surface area (Å²) in [6.07, 6.45) is 10.3. The molecule has 1 fully saturated rings. The third kappa shape index (κ3) is 10.2. The molecule has 306 valence electrons. The lowest BCUT2D eigenvalue weighted by molar-refractivity contribution is -0.136. The second-order valence-corrected chi connectivity index (χ2v) is 14.2. The number of carbonyl (C=O) groups is 4. The predicted octanol–water partition coefficient (Wildman–Crippen LogP) is 4.09. The van der Waals surface area contributed by atoms with Gasteiger partial charge in [0, 0.05) is 61.5 Å². The van der Waals surface area contributed by atoms with Crippen LogP contribution in [-0.2, 0) is 52.7 Å². The predicted molar refractivity (Wildman–Crippen MR) is 213 cm³/mol. The monoisotopic (exact) mass is 794 g/mol. The highest BCUT2D eigenvalue weighted by atomic mass is 16.6. The maximum absolute atomic E-state index is 13.2. The molecule has 2 aromatic carbocycles. The molecule has 1 atom stereocenters. The lowest BCUT2D eigenvalue weighted by Crippen LogP contribution is -2.54. The highest BCUT2D eigenvalue weighted by Gasteiger charge is 2.45. The number of imide groups is 2. The summed E-state index contributed by atoms with van der Waals surface area (Å²) in [6.45, 7) is 5.66. The summed E-state index contributed by atoms with van der Waals surface area (Å²) < 4.78 is 30.2. The van der Waals surface area contributed by atoms with E-state index in [1.165, 1.54) is 29.5 Å². The number of benzene rings is 2. The molecule has 1 saturated heterocycles. The van der Waals surface area contributed by atoms with Gasteiger partial charge < -0.3 is 29.0 Å². The molecule has 4 heterocycles. The molecule has 15 nitrogen and oxygen atoms in total. The van der Waals surface area contributed by atoms with Crippen LogP contribution in [0.2, 0.25) is 0 Å². The second kappa shape index (κ2) is 20.4.